The van der Waals surface area contributed by atoms with E-state index in [1.807, 2.05) is 24.3 Å². The van der Waals surface area contributed by atoms with Gasteiger partial charge < -0.3 is 4.74 Å². The Labute approximate surface area is 87.6 Å². The molecule has 1 saturated carbocycles. The maximum absolute atomic E-state index is 5.95. The first-order valence-electron chi connectivity index (χ1n) is 4.15. The van der Waals surface area contributed by atoms with Crippen LogP contribution in [0.2, 0.25) is 0 Å². The van der Waals surface area contributed by atoms with Gasteiger partial charge in [0.15, 0.2) is 0 Å². The van der Waals surface area contributed by atoms with Crippen molar-refractivity contribution in [2.45, 2.75) is 16.7 Å². The normalized spacial score (nSPS) is 24.1. The summed E-state index contributed by atoms with van der Waals surface area (Å²) in [5.74, 6) is 1.15. The van der Waals surface area contributed by atoms with Gasteiger partial charge in [0, 0.05) is 5.92 Å². The molecule has 1 nitrogen and oxygen atoms in total. The first-order chi connectivity index (χ1) is 6.13. The van der Waals surface area contributed by atoms with E-state index in [2.05, 4.69) is 0 Å². The van der Waals surface area contributed by atoms with E-state index in [-0.39, 0.29) is 0 Å². The van der Waals surface area contributed by atoms with Crippen LogP contribution < -0.4 is 4.74 Å². The molecule has 0 spiro atoms. The molecule has 0 aromatic heterocycles. The average Bonchev–Trinajstić information content (AvgIpc) is 2.76. The highest BCUT2D eigenvalue weighted by Crippen LogP contribution is 2.59. The standard InChI is InChI=1S/C10H10Cl2O/c1-13-8-4-2-7(3-5-8)9-6-10(9,11)12/h2-5,9H,6H2,1H3/t9-/m0/s1. The van der Waals surface area contributed by atoms with Crippen molar-refractivity contribution < 1.29 is 4.74 Å². The topological polar surface area (TPSA) is 9.23 Å². The minimum atomic E-state index is -0.533. The molecule has 0 radical (unpaired) electrons. The zero-order chi connectivity index (χ0) is 9.47. The second-order valence-electron chi connectivity index (χ2n) is 3.29. The summed E-state index contributed by atoms with van der Waals surface area (Å²) in [6, 6.07) is 7.88. The van der Waals surface area contributed by atoms with Crippen LogP contribution in [0, 0.1) is 0 Å². The van der Waals surface area contributed by atoms with E-state index in [1.54, 1.807) is 7.11 Å². The number of methoxy groups -OCH3 is 1. The fraction of sp³-hybridized carbons (Fsp3) is 0.400. The van der Waals surface area contributed by atoms with E-state index >= 15 is 0 Å². The largest absolute Gasteiger partial charge is 0.497 e. The summed E-state index contributed by atoms with van der Waals surface area (Å²) >= 11 is 11.9. The molecule has 1 aliphatic carbocycles. The molecule has 0 heterocycles. The van der Waals surface area contributed by atoms with Gasteiger partial charge in [-0.1, -0.05) is 12.1 Å². The van der Waals surface area contributed by atoms with Gasteiger partial charge in [0.1, 0.15) is 10.1 Å². The minimum absolute atomic E-state index is 0.293. The highest BCUT2D eigenvalue weighted by molar-refractivity contribution is 6.51. The van der Waals surface area contributed by atoms with Crippen molar-refractivity contribution in [3.05, 3.63) is 29.8 Å². The third-order valence-corrected chi connectivity index (χ3v) is 3.18. The lowest BCUT2D eigenvalue weighted by molar-refractivity contribution is 0.414. The second-order valence-corrected chi connectivity index (χ2v) is 4.83. The van der Waals surface area contributed by atoms with E-state index in [9.17, 15) is 0 Å². The molecule has 0 aliphatic heterocycles. The molecule has 70 valence electrons. The van der Waals surface area contributed by atoms with Crippen LogP contribution >= 0.6 is 23.2 Å². The Bertz CT molecular complexity index is 305. The number of ether oxygens (including phenoxy) is 1. The summed E-state index contributed by atoms with van der Waals surface area (Å²) in [6.07, 6.45) is 0.850. The number of halogens is 2. The molecule has 13 heavy (non-hydrogen) atoms. The van der Waals surface area contributed by atoms with Crippen LogP contribution in [-0.2, 0) is 0 Å². The van der Waals surface area contributed by atoms with Gasteiger partial charge in [-0.3, -0.25) is 0 Å². The van der Waals surface area contributed by atoms with Crippen LogP contribution in [0.4, 0.5) is 0 Å². The monoisotopic (exact) mass is 216 g/mol. The molecule has 0 amide bonds. The highest BCUT2D eigenvalue weighted by Gasteiger charge is 2.52. The summed E-state index contributed by atoms with van der Waals surface area (Å²) in [6.45, 7) is 0. The first kappa shape index (κ1) is 9.17. The lowest BCUT2D eigenvalue weighted by Gasteiger charge is -2.02. The van der Waals surface area contributed by atoms with Gasteiger partial charge in [0.2, 0.25) is 0 Å². The summed E-state index contributed by atoms with van der Waals surface area (Å²) in [4.78, 5) is 0. The summed E-state index contributed by atoms with van der Waals surface area (Å²) in [5.41, 5.74) is 1.19. The number of rotatable bonds is 2. The van der Waals surface area contributed by atoms with Crippen molar-refractivity contribution in [3.63, 3.8) is 0 Å². The molecule has 0 unspecified atom stereocenters. The van der Waals surface area contributed by atoms with Crippen molar-refractivity contribution in [1.29, 1.82) is 0 Å². The van der Waals surface area contributed by atoms with Crippen molar-refractivity contribution in [2.75, 3.05) is 7.11 Å². The maximum atomic E-state index is 5.95. The molecule has 0 saturated heterocycles. The van der Waals surface area contributed by atoms with Crippen LogP contribution in [0.15, 0.2) is 24.3 Å². The van der Waals surface area contributed by atoms with Gasteiger partial charge in [-0.15, -0.1) is 23.2 Å². The molecule has 0 bridgehead atoms. The van der Waals surface area contributed by atoms with Crippen LogP contribution in [0.5, 0.6) is 5.75 Å². The molecule has 1 fully saturated rings. The van der Waals surface area contributed by atoms with Crippen molar-refractivity contribution in [1.82, 2.24) is 0 Å². The van der Waals surface area contributed by atoms with Crippen LogP contribution in [0.3, 0.4) is 0 Å². The predicted octanol–water partition coefficient (Wildman–Crippen LogP) is 3.36. The molecule has 2 rings (SSSR count). The zero-order valence-electron chi connectivity index (χ0n) is 7.26. The van der Waals surface area contributed by atoms with Gasteiger partial charge in [-0.2, -0.15) is 0 Å². The smallest absolute Gasteiger partial charge is 0.125 e. The Morgan fingerprint density at radius 2 is 1.85 bits per heavy atom. The molecule has 1 atom stereocenters. The minimum Gasteiger partial charge on any atom is -0.497 e. The van der Waals surface area contributed by atoms with Gasteiger partial charge in [-0.25, -0.2) is 0 Å². The van der Waals surface area contributed by atoms with Crippen molar-refractivity contribution >= 4 is 23.2 Å². The molecular weight excluding hydrogens is 207 g/mol. The Balaban J connectivity index is 2.16. The molecule has 0 N–H and O–H groups in total. The third-order valence-electron chi connectivity index (χ3n) is 2.34. The van der Waals surface area contributed by atoms with Crippen LogP contribution in [-0.4, -0.2) is 11.4 Å². The maximum Gasteiger partial charge on any atom is 0.125 e. The van der Waals surface area contributed by atoms with E-state index in [4.69, 9.17) is 27.9 Å². The number of hydrogen-bond donors (Lipinski definition) is 0. The molecule has 3 heteroatoms. The van der Waals surface area contributed by atoms with E-state index in [1.165, 1.54) is 5.56 Å². The Morgan fingerprint density at radius 3 is 2.23 bits per heavy atom. The SMILES string of the molecule is COc1ccc([C@@H]2CC2(Cl)Cl)cc1. The average molecular weight is 217 g/mol. The van der Waals surface area contributed by atoms with E-state index < -0.39 is 4.33 Å². The number of hydrogen-bond acceptors (Lipinski definition) is 1. The second kappa shape index (κ2) is 3.07. The fourth-order valence-electron chi connectivity index (χ4n) is 1.41. The summed E-state index contributed by atoms with van der Waals surface area (Å²) in [5, 5.41) is 0. The lowest BCUT2D eigenvalue weighted by Crippen LogP contribution is -1.90. The zero-order valence-corrected chi connectivity index (χ0v) is 8.77. The van der Waals surface area contributed by atoms with Gasteiger partial charge >= 0.3 is 0 Å². The Morgan fingerprint density at radius 1 is 1.31 bits per heavy atom. The third kappa shape index (κ3) is 1.77. The van der Waals surface area contributed by atoms with Gasteiger partial charge in [-0.05, 0) is 24.1 Å². The van der Waals surface area contributed by atoms with E-state index in [0.717, 1.165) is 12.2 Å². The quantitative estimate of drug-likeness (QED) is 0.690. The number of alkyl halides is 2. The van der Waals surface area contributed by atoms with Crippen molar-refractivity contribution in [3.8, 4) is 5.75 Å². The number of benzene rings is 1. The fourth-order valence-corrected chi connectivity index (χ4v) is 1.97. The van der Waals surface area contributed by atoms with Gasteiger partial charge in [0.25, 0.3) is 0 Å². The molecule has 1 aromatic rings. The highest BCUT2D eigenvalue weighted by atomic mass is 35.5. The van der Waals surface area contributed by atoms with Gasteiger partial charge in [0.05, 0.1) is 7.11 Å². The Kier molecular flexibility index (Phi) is 2.17. The lowest BCUT2D eigenvalue weighted by atomic mass is 10.1. The van der Waals surface area contributed by atoms with Crippen molar-refractivity contribution in [2.24, 2.45) is 0 Å². The summed E-state index contributed by atoms with van der Waals surface area (Å²) in [7, 11) is 1.65. The molecular formula is C10H10Cl2O. The van der Waals surface area contributed by atoms with Crippen LogP contribution in [0.25, 0.3) is 0 Å². The Hall–Kier alpha value is -0.400. The molecule has 1 aliphatic rings. The molecule has 1 aromatic carbocycles. The van der Waals surface area contributed by atoms with Crippen LogP contribution in [0.1, 0.15) is 17.9 Å². The summed E-state index contributed by atoms with van der Waals surface area (Å²) < 4.78 is 4.52. The van der Waals surface area contributed by atoms with E-state index in [0.29, 0.717) is 5.92 Å². The first-order valence-corrected chi connectivity index (χ1v) is 4.91. The predicted molar refractivity (Wildman–Crippen MR) is 54.8 cm³/mol.